The molecule has 84 valence electrons. The van der Waals surface area contributed by atoms with E-state index in [1.165, 1.54) is 24.8 Å². The molecule has 0 radical (unpaired) electrons. The Kier molecular flexibility index (Phi) is 1.42. The molecule has 1 heterocycles. The fourth-order valence-electron chi connectivity index (χ4n) is 2.61. The molecule has 1 aliphatic heterocycles. The number of benzene rings is 1. The number of fused-ring (bicyclic) bond motifs is 1. The van der Waals surface area contributed by atoms with E-state index in [9.17, 15) is 0 Å². The zero-order chi connectivity index (χ0) is 10.8. The van der Waals surface area contributed by atoms with Gasteiger partial charge in [-0.1, -0.05) is 13.0 Å². The number of hydrogen-bond donors (Lipinski definition) is 0. The standard InChI is InChI=1S/C14H16O2/c1-13(7-8-13)10-3-4-11-12(9-10)16-14(15-11)5-2-6-14/h3-4,9H,2,5-8H2,1H3. The average Bonchev–Trinajstić information content (AvgIpc) is 2.85. The van der Waals surface area contributed by atoms with Crippen molar-refractivity contribution in [3.63, 3.8) is 0 Å². The molecule has 0 saturated heterocycles. The maximum Gasteiger partial charge on any atom is 0.251 e. The number of ether oxygens (including phenoxy) is 2. The van der Waals surface area contributed by atoms with Crippen molar-refractivity contribution in [1.82, 2.24) is 0 Å². The molecular weight excluding hydrogens is 200 g/mol. The Balaban J connectivity index is 1.71. The minimum Gasteiger partial charge on any atom is -0.448 e. The maximum atomic E-state index is 5.97. The lowest BCUT2D eigenvalue weighted by Gasteiger charge is -2.35. The summed E-state index contributed by atoms with van der Waals surface area (Å²) in [5.41, 5.74) is 1.82. The van der Waals surface area contributed by atoms with Crippen LogP contribution in [0.25, 0.3) is 0 Å². The van der Waals surface area contributed by atoms with Gasteiger partial charge in [0.2, 0.25) is 0 Å². The van der Waals surface area contributed by atoms with Gasteiger partial charge >= 0.3 is 0 Å². The lowest BCUT2D eigenvalue weighted by atomic mass is 9.91. The first-order chi connectivity index (χ1) is 7.69. The summed E-state index contributed by atoms with van der Waals surface area (Å²) in [6, 6.07) is 6.48. The van der Waals surface area contributed by atoms with Crippen LogP contribution >= 0.6 is 0 Å². The van der Waals surface area contributed by atoms with Crippen LogP contribution in [0.2, 0.25) is 0 Å². The van der Waals surface area contributed by atoms with Crippen LogP contribution in [0.5, 0.6) is 11.5 Å². The van der Waals surface area contributed by atoms with Gasteiger partial charge in [0.25, 0.3) is 5.79 Å². The molecular formula is C14H16O2. The van der Waals surface area contributed by atoms with Gasteiger partial charge in [-0.15, -0.1) is 0 Å². The third-order valence-electron chi connectivity index (χ3n) is 4.35. The van der Waals surface area contributed by atoms with Crippen LogP contribution in [-0.2, 0) is 5.41 Å². The highest BCUT2D eigenvalue weighted by molar-refractivity contribution is 5.49. The van der Waals surface area contributed by atoms with Crippen molar-refractivity contribution in [1.29, 1.82) is 0 Å². The van der Waals surface area contributed by atoms with Crippen LogP contribution in [0.4, 0.5) is 0 Å². The van der Waals surface area contributed by atoms with E-state index in [0.29, 0.717) is 5.41 Å². The summed E-state index contributed by atoms with van der Waals surface area (Å²) in [6.07, 6.45) is 5.90. The molecule has 0 bridgehead atoms. The first-order valence-electron chi connectivity index (χ1n) is 6.22. The molecule has 0 N–H and O–H groups in total. The largest absolute Gasteiger partial charge is 0.448 e. The lowest BCUT2D eigenvalue weighted by molar-refractivity contribution is -0.138. The summed E-state index contributed by atoms with van der Waals surface area (Å²) < 4.78 is 11.9. The normalized spacial score (nSPS) is 26.6. The fraction of sp³-hybridized carbons (Fsp3) is 0.571. The Labute approximate surface area is 95.6 Å². The average molecular weight is 216 g/mol. The zero-order valence-electron chi connectivity index (χ0n) is 9.58. The van der Waals surface area contributed by atoms with Crippen molar-refractivity contribution in [2.24, 2.45) is 0 Å². The molecule has 0 amide bonds. The molecule has 1 aromatic rings. The molecule has 4 rings (SSSR count). The van der Waals surface area contributed by atoms with E-state index in [-0.39, 0.29) is 5.79 Å². The first kappa shape index (κ1) is 8.91. The van der Waals surface area contributed by atoms with E-state index in [1.807, 2.05) is 0 Å². The van der Waals surface area contributed by atoms with Gasteiger partial charge in [0, 0.05) is 12.8 Å². The molecule has 2 fully saturated rings. The Morgan fingerprint density at radius 1 is 1.00 bits per heavy atom. The van der Waals surface area contributed by atoms with Crippen LogP contribution in [0.1, 0.15) is 44.6 Å². The Hall–Kier alpha value is -1.18. The minimum absolute atomic E-state index is 0.286. The highest BCUT2D eigenvalue weighted by Crippen LogP contribution is 2.53. The van der Waals surface area contributed by atoms with Crippen molar-refractivity contribution >= 4 is 0 Å². The molecule has 2 heteroatoms. The lowest BCUT2D eigenvalue weighted by Crippen LogP contribution is -2.45. The molecule has 16 heavy (non-hydrogen) atoms. The van der Waals surface area contributed by atoms with Gasteiger partial charge in [-0.2, -0.15) is 0 Å². The highest BCUT2D eigenvalue weighted by Gasteiger charge is 2.48. The van der Waals surface area contributed by atoms with E-state index in [2.05, 4.69) is 25.1 Å². The second kappa shape index (κ2) is 2.55. The number of hydrogen-bond acceptors (Lipinski definition) is 2. The Morgan fingerprint density at radius 2 is 1.75 bits per heavy atom. The molecule has 2 nitrogen and oxygen atoms in total. The fourth-order valence-corrected chi connectivity index (χ4v) is 2.61. The quantitative estimate of drug-likeness (QED) is 0.716. The van der Waals surface area contributed by atoms with Crippen molar-refractivity contribution in [3.05, 3.63) is 23.8 Å². The van der Waals surface area contributed by atoms with Crippen LogP contribution < -0.4 is 9.47 Å². The molecule has 1 spiro atoms. The molecule has 2 aliphatic carbocycles. The van der Waals surface area contributed by atoms with Crippen molar-refractivity contribution in [2.45, 2.75) is 50.2 Å². The summed E-state index contributed by atoms with van der Waals surface area (Å²) in [5, 5.41) is 0. The third kappa shape index (κ3) is 1.07. The van der Waals surface area contributed by atoms with E-state index < -0.39 is 0 Å². The van der Waals surface area contributed by atoms with Crippen LogP contribution in [-0.4, -0.2) is 5.79 Å². The summed E-state index contributed by atoms with van der Waals surface area (Å²) in [5.74, 6) is 1.61. The van der Waals surface area contributed by atoms with Crippen LogP contribution in [0, 0.1) is 0 Å². The van der Waals surface area contributed by atoms with E-state index in [1.54, 1.807) is 0 Å². The highest BCUT2D eigenvalue weighted by atomic mass is 16.7. The molecule has 1 aromatic carbocycles. The SMILES string of the molecule is CC1(c2ccc3c(c2)OC2(CCC2)O3)CC1. The van der Waals surface area contributed by atoms with E-state index in [4.69, 9.17) is 9.47 Å². The van der Waals surface area contributed by atoms with Crippen molar-refractivity contribution in [3.8, 4) is 11.5 Å². The Bertz CT molecular complexity index is 456. The topological polar surface area (TPSA) is 18.5 Å². The predicted molar refractivity (Wildman–Crippen MR) is 60.9 cm³/mol. The van der Waals surface area contributed by atoms with Crippen molar-refractivity contribution < 1.29 is 9.47 Å². The Morgan fingerprint density at radius 3 is 2.38 bits per heavy atom. The van der Waals surface area contributed by atoms with Crippen molar-refractivity contribution in [2.75, 3.05) is 0 Å². The van der Waals surface area contributed by atoms with Gasteiger partial charge in [-0.05, 0) is 42.4 Å². The second-order valence-electron chi connectivity index (χ2n) is 5.69. The monoisotopic (exact) mass is 216 g/mol. The molecule has 0 aromatic heterocycles. The van der Waals surface area contributed by atoms with Crippen LogP contribution in [0.3, 0.4) is 0 Å². The minimum atomic E-state index is -0.286. The van der Waals surface area contributed by atoms with Gasteiger partial charge in [-0.3, -0.25) is 0 Å². The summed E-state index contributed by atoms with van der Waals surface area (Å²) in [7, 11) is 0. The molecule has 3 aliphatic rings. The number of rotatable bonds is 1. The van der Waals surface area contributed by atoms with E-state index in [0.717, 1.165) is 24.3 Å². The first-order valence-corrected chi connectivity index (χ1v) is 6.22. The van der Waals surface area contributed by atoms with Gasteiger partial charge in [0.1, 0.15) is 0 Å². The summed E-state index contributed by atoms with van der Waals surface area (Å²) in [4.78, 5) is 0. The summed E-state index contributed by atoms with van der Waals surface area (Å²) >= 11 is 0. The molecule has 0 unspecified atom stereocenters. The van der Waals surface area contributed by atoms with E-state index >= 15 is 0 Å². The van der Waals surface area contributed by atoms with Gasteiger partial charge < -0.3 is 9.47 Å². The molecule has 0 atom stereocenters. The van der Waals surface area contributed by atoms with Gasteiger partial charge in [0.15, 0.2) is 11.5 Å². The van der Waals surface area contributed by atoms with Crippen LogP contribution in [0.15, 0.2) is 18.2 Å². The second-order valence-corrected chi connectivity index (χ2v) is 5.69. The third-order valence-corrected chi connectivity index (χ3v) is 4.35. The summed E-state index contributed by atoms with van der Waals surface area (Å²) in [6.45, 7) is 2.32. The predicted octanol–water partition coefficient (Wildman–Crippen LogP) is 3.39. The zero-order valence-corrected chi connectivity index (χ0v) is 9.58. The maximum absolute atomic E-state index is 5.97. The van der Waals surface area contributed by atoms with Gasteiger partial charge in [-0.25, -0.2) is 0 Å². The smallest absolute Gasteiger partial charge is 0.251 e. The van der Waals surface area contributed by atoms with Gasteiger partial charge in [0.05, 0.1) is 0 Å². The molecule has 2 saturated carbocycles.